The highest BCUT2D eigenvalue weighted by Gasteiger charge is 2.11. The molecule has 0 aliphatic carbocycles. The van der Waals surface area contributed by atoms with Gasteiger partial charge < -0.3 is 9.73 Å². The number of amides is 1. The van der Waals surface area contributed by atoms with Gasteiger partial charge in [0.05, 0.1) is 0 Å². The minimum absolute atomic E-state index is 0.151. The molecule has 0 spiro atoms. The van der Waals surface area contributed by atoms with E-state index < -0.39 is 0 Å². The van der Waals surface area contributed by atoms with Gasteiger partial charge in [-0.25, -0.2) is 0 Å². The van der Waals surface area contributed by atoms with Crippen molar-refractivity contribution in [3.63, 3.8) is 0 Å². The van der Waals surface area contributed by atoms with Crippen LogP contribution in [0.15, 0.2) is 40.8 Å². The molecule has 1 aromatic carbocycles. The number of carbonyl (C=O) groups is 1. The van der Waals surface area contributed by atoms with E-state index >= 15 is 0 Å². The lowest BCUT2D eigenvalue weighted by Crippen LogP contribution is -2.25. The Labute approximate surface area is 107 Å². The lowest BCUT2D eigenvalue weighted by molar-refractivity contribution is 0.0925. The van der Waals surface area contributed by atoms with E-state index in [2.05, 4.69) is 5.32 Å². The van der Waals surface area contributed by atoms with Crippen molar-refractivity contribution in [3.05, 3.63) is 59.0 Å². The maximum absolute atomic E-state index is 11.8. The lowest BCUT2D eigenvalue weighted by atomic mass is 10.1. The third-order valence-corrected chi connectivity index (χ3v) is 2.93. The van der Waals surface area contributed by atoms with Crippen molar-refractivity contribution in [2.75, 3.05) is 6.54 Å². The van der Waals surface area contributed by atoms with Gasteiger partial charge in [-0.2, -0.15) is 0 Å². The molecule has 0 atom stereocenters. The van der Waals surface area contributed by atoms with Crippen LogP contribution in [-0.4, -0.2) is 12.5 Å². The van der Waals surface area contributed by atoms with E-state index in [0.717, 1.165) is 17.7 Å². The number of nitrogens with one attached hydrogen (secondary N) is 1. The third-order valence-electron chi connectivity index (χ3n) is 2.93. The van der Waals surface area contributed by atoms with Crippen LogP contribution in [0.4, 0.5) is 0 Å². The first-order chi connectivity index (χ1) is 8.66. The molecule has 1 heterocycles. The van der Waals surface area contributed by atoms with Gasteiger partial charge in [0, 0.05) is 6.54 Å². The van der Waals surface area contributed by atoms with Crippen LogP contribution in [0.1, 0.15) is 27.4 Å². The number of aryl methyl sites for hydroxylation is 2. The van der Waals surface area contributed by atoms with Crippen LogP contribution >= 0.6 is 0 Å². The van der Waals surface area contributed by atoms with Crippen molar-refractivity contribution in [2.45, 2.75) is 20.3 Å². The Hall–Kier alpha value is -2.03. The van der Waals surface area contributed by atoms with E-state index in [1.807, 2.05) is 44.2 Å². The Bertz CT molecular complexity index is 509. The number of rotatable bonds is 4. The van der Waals surface area contributed by atoms with Crippen LogP contribution in [0.5, 0.6) is 0 Å². The quantitative estimate of drug-likeness (QED) is 0.897. The van der Waals surface area contributed by atoms with Gasteiger partial charge in [0.2, 0.25) is 0 Å². The van der Waals surface area contributed by atoms with Crippen molar-refractivity contribution >= 4 is 5.91 Å². The predicted octanol–water partition coefficient (Wildman–Crippen LogP) is 2.87. The van der Waals surface area contributed by atoms with Gasteiger partial charge >= 0.3 is 0 Å². The van der Waals surface area contributed by atoms with E-state index in [0.29, 0.717) is 12.3 Å². The highest BCUT2D eigenvalue weighted by atomic mass is 16.3. The van der Waals surface area contributed by atoms with E-state index in [9.17, 15) is 4.79 Å². The number of furan rings is 1. The Kier molecular flexibility index (Phi) is 3.82. The molecular formula is C15H17NO2. The SMILES string of the molecule is Cc1cc(C(=O)NCCc2ccccc2)oc1C. The monoisotopic (exact) mass is 243 g/mol. The van der Waals surface area contributed by atoms with Gasteiger partial charge in [-0.3, -0.25) is 4.79 Å². The number of carbonyl (C=O) groups excluding carboxylic acids is 1. The number of hydrogen-bond acceptors (Lipinski definition) is 2. The fraction of sp³-hybridized carbons (Fsp3) is 0.267. The molecule has 0 saturated heterocycles. The average molecular weight is 243 g/mol. The van der Waals surface area contributed by atoms with Gasteiger partial charge in [-0.1, -0.05) is 30.3 Å². The molecule has 2 aromatic rings. The maximum Gasteiger partial charge on any atom is 0.287 e. The van der Waals surface area contributed by atoms with Crippen LogP contribution in [0.3, 0.4) is 0 Å². The summed E-state index contributed by atoms with van der Waals surface area (Å²) in [4.78, 5) is 11.8. The third kappa shape index (κ3) is 3.00. The fourth-order valence-electron chi connectivity index (χ4n) is 1.74. The maximum atomic E-state index is 11.8. The molecule has 0 aliphatic rings. The van der Waals surface area contributed by atoms with Crippen LogP contribution < -0.4 is 5.32 Å². The summed E-state index contributed by atoms with van der Waals surface area (Å²) in [5.74, 6) is 1.03. The average Bonchev–Trinajstić information content (AvgIpc) is 2.71. The minimum atomic E-state index is -0.151. The summed E-state index contributed by atoms with van der Waals surface area (Å²) in [6, 6.07) is 11.8. The van der Waals surface area contributed by atoms with Crippen molar-refractivity contribution in [1.29, 1.82) is 0 Å². The summed E-state index contributed by atoms with van der Waals surface area (Å²) in [7, 11) is 0. The predicted molar refractivity (Wildman–Crippen MR) is 70.7 cm³/mol. The summed E-state index contributed by atoms with van der Waals surface area (Å²) in [6.07, 6.45) is 0.825. The molecule has 3 nitrogen and oxygen atoms in total. The van der Waals surface area contributed by atoms with Gasteiger partial charge in [-0.15, -0.1) is 0 Å². The van der Waals surface area contributed by atoms with Crippen molar-refractivity contribution in [1.82, 2.24) is 5.32 Å². The highest BCUT2D eigenvalue weighted by molar-refractivity contribution is 5.91. The molecular weight excluding hydrogens is 226 g/mol. The number of benzene rings is 1. The molecule has 2 rings (SSSR count). The minimum Gasteiger partial charge on any atom is -0.456 e. The second-order valence-corrected chi connectivity index (χ2v) is 4.34. The van der Waals surface area contributed by atoms with Crippen molar-refractivity contribution < 1.29 is 9.21 Å². The lowest BCUT2D eigenvalue weighted by Gasteiger charge is -2.03. The topological polar surface area (TPSA) is 42.2 Å². The molecule has 0 aliphatic heterocycles. The second-order valence-electron chi connectivity index (χ2n) is 4.34. The normalized spacial score (nSPS) is 10.3. The fourth-order valence-corrected chi connectivity index (χ4v) is 1.74. The van der Waals surface area contributed by atoms with Gasteiger partial charge in [0.15, 0.2) is 5.76 Å². The van der Waals surface area contributed by atoms with Crippen molar-refractivity contribution in [3.8, 4) is 0 Å². The molecule has 1 amide bonds. The molecule has 18 heavy (non-hydrogen) atoms. The summed E-state index contributed by atoms with van der Waals surface area (Å²) in [5, 5.41) is 2.86. The Morgan fingerprint density at radius 1 is 1.22 bits per heavy atom. The first-order valence-electron chi connectivity index (χ1n) is 6.06. The largest absolute Gasteiger partial charge is 0.456 e. The molecule has 0 unspecified atom stereocenters. The van der Waals surface area contributed by atoms with Crippen LogP contribution in [-0.2, 0) is 6.42 Å². The Morgan fingerprint density at radius 3 is 2.56 bits per heavy atom. The van der Waals surface area contributed by atoms with E-state index in [1.165, 1.54) is 5.56 Å². The summed E-state index contributed by atoms with van der Waals surface area (Å²) in [6.45, 7) is 4.40. The molecule has 1 N–H and O–H groups in total. The zero-order chi connectivity index (χ0) is 13.0. The second kappa shape index (κ2) is 5.54. The molecule has 3 heteroatoms. The first kappa shape index (κ1) is 12.4. The van der Waals surface area contributed by atoms with E-state index in [-0.39, 0.29) is 5.91 Å². The Morgan fingerprint density at radius 2 is 1.94 bits per heavy atom. The van der Waals surface area contributed by atoms with Crippen LogP contribution in [0, 0.1) is 13.8 Å². The first-order valence-corrected chi connectivity index (χ1v) is 6.06. The Balaban J connectivity index is 1.85. The standard InChI is InChI=1S/C15H17NO2/c1-11-10-14(18-12(11)2)15(17)16-9-8-13-6-4-3-5-7-13/h3-7,10H,8-9H2,1-2H3,(H,16,17). The number of hydrogen-bond donors (Lipinski definition) is 1. The summed E-state index contributed by atoms with van der Waals surface area (Å²) >= 11 is 0. The van der Waals surface area contributed by atoms with Gasteiger partial charge in [0.1, 0.15) is 5.76 Å². The summed E-state index contributed by atoms with van der Waals surface area (Å²) < 4.78 is 5.37. The molecule has 0 saturated carbocycles. The van der Waals surface area contributed by atoms with Crippen molar-refractivity contribution in [2.24, 2.45) is 0 Å². The van der Waals surface area contributed by atoms with Gasteiger partial charge in [0.25, 0.3) is 5.91 Å². The molecule has 0 fully saturated rings. The zero-order valence-electron chi connectivity index (χ0n) is 10.7. The van der Waals surface area contributed by atoms with Gasteiger partial charge in [-0.05, 0) is 37.5 Å². The van der Waals surface area contributed by atoms with E-state index in [4.69, 9.17) is 4.42 Å². The molecule has 0 radical (unpaired) electrons. The van der Waals surface area contributed by atoms with Crippen LogP contribution in [0.25, 0.3) is 0 Å². The van der Waals surface area contributed by atoms with E-state index in [1.54, 1.807) is 6.07 Å². The summed E-state index contributed by atoms with van der Waals surface area (Å²) in [5.41, 5.74) is 2.22. The zero-order valence-corrected chi connectivity index (χ0v) is 10.7. The highest BCUT2D eigenvalue weighted by Crippen LogP contribution is 2.12. The smallest absolute Gasteiger partial charge is 0.287 e. The molecule has 94 valence electrons. The molecule has 0 bridgehead atoms. The molecule has 1 aromatic heterocycles. The van der Waals surface area contributed by atoms with Crippen LogP contribution in [0.2, 0.25) is 0 Å².